The van der Waals surface area contributed by atoms with Gasteiger partial charge in [-0.15, -0.1) is 0 Å². The molecule has 1 unspecified atom stereocenters. The maximum absolute atomic E-state index is 11.3. The first-order valence-corrected chi connectivity index (χ1v) is 4.98. The maximum atomic E-state index is 11.3. The van der Waals surface area contributed by atoms with E-state index in [1.807, 2.05) is 0 Å². The monoisotopic (exact) mass is 236 g/mol. The van der Waals surface area contributed by atoms with Crippen LogP contribution in [-0.2, 0) is 4.79 Å². The van der Waals surface area contributed by atoms with Gasteiger partial charge in [-0.05, 0) is 0 Å². The fraction of sp³-hybridized carbons (Fsp3) is 0.333. The minimum Gasteiger partial charge on any atom is -0.396 e. The Hall–Kier alpha value is -2.22. The van der Waals surface area contributed by atoms with E-state index in [4.69, 9.17) is 16.6 Å². The van der Waals surface area contributed by atoms with Crippen molar-refractivity contribution in [3.05, 3.63) is 12.7 Å². The molecule has 0 aliphatic rings. The first kappa shape index (κ1) is 11.3. The summed E-state index contributed by atoms with van der Waals surface area (Å²) in [5, 5.41) is 8.91. The van der Waals surface area contributed by atoms with E-state index in [1.165, 1.54) is 17.2 Å². The zero-order valence-electron chi connectivity index (χ0n) is 8.95. The number of aliphatic hydroxyl groups excluding tert-OH is 1. The van der Waals surface area contributed by atoms with Crippen LogP contribution in [0.1, 0.15) is 12.5 Å². The number of carbonyl (C=O) groups is 1. The summed E-state index contributed by atoms with van der Waals surface area (Å²) in [6, 6.07) is -0.695. The van der Waals surface area contributed by atoms with E-state index >= 15 is 0 Å². The molecule has 2 rings (SSSR count). The summed E-state index contributed by atoms with van der Waals surface area (Å²) in [6.45, 7) is -0.159. The molecule has 0 aliphatic carbocycles. The quantitative estimate of drug-likeness (QED) is 0.611. The third-order valence-corrected chi connectivity index (χ3v) is 2.45. The summed E-state index contributed by atoms with van der Waals surface area (Å²) in [6.07, 6.45) is 2.90. The number of fused-ring (bicyclic) bond motifs is 1. The minimum atomic E-state index is -0.695. The van der Waals surface area contributed by atoms with Crippen LogP contribution >= 0.6 is 0 Å². The average Bonchev–Trinajstić information content (AvgIpc) is 2.70. The van der Waals surface area contributed by atoms with Crippen molar-refractivity contribution in [3.63, 3.8) is 0 Å². The third-order valence-electron chi connectivity index (χ3n) is 2.45. The number of aromatic nitrogens is 4. The average molecular weight is 236 g/mol. The van der Waals surface area contributed by atoms with Gasteiger partial charge in [0.15, 0.2) is 11.5 Å². The smallest absolute Gasteiger partial charge is 0.240 e. The van der Waals surface area contributed by atoms with E-state index in [9.17, 15) is 4.79 Å². The predicted molar refractivity (Wildman–Crippen MR) is 59.7 cm³/mol. The van der Waals surface area contributed by atoms with Crippen molar-refractivity contribution in [2.45, 2.75) is 12.5 Å². The Labute approximate surface area is 96.3 Å². The standard InChI is InChI=1S/C9H12N6O2/c10-7-6-9(13-3-12-7)15(4-14-6)5(1-2-16)8(11)17/h3-5,16H,1-2H2,(H2,11,17)(H2,10,12,13). The molecule has 2 aromatic rings. The zero-order valence-corrected chi connectivity index (χ0v) is 8.95. The van der Waals surface area contributed by atoms with E-state index < -0.39 is 11.9 Å². The van der Waals surface area contributed by atoms with Gasteiger partial charge in [0.05, 0.1) is 6.33 Å². The molecule has 8 nitrogen and oxygen atoms in total. The Morgan fingerprint density at radius 3 is 2.88 bits per heavy atom. The van der Waals surface area contributed by atoms with E-state index in [-0.39, 0.29) is 18.8 Å². The van der Waals surface area contributed by atoms with Crippen molar-refractivity contribution in [2.24, 2.45) is 5.73 Å². The second-order valence-corrected chi connectivity index (χ2v) is 3.51. The number of carbonyl (C=O) groups excluding carboxylic acids is 1. The molecule has 0 saturated heterocycles. The lowest BCUT2D eigenvalue weighted by Gasteiger charge is -2.13. The van der Waals surface area contributed by atoms with Crippen LogP contribution in [0.25, 0.3) is 11.2 Å². The van der Waals surface area contributed by atoms with Gasteiger partial charge in [-0.3, -0.25) is 4.79 Å². The first-order valence-electron chi connectivity index (χ1n) is 4.98. The number of nitrogens with two attached hydrogens (primary N) is 2. The molecule has 17 heavy (non-hydrogen) atoms. The van der Waals surface area contributed by atoms with Crippen molar-refractivity contribution in [1.82, 2.24) is 19.5 Å². The van der Waals surface area contributed by atoms with Crippen LogP contribution in [0, 0.1) is 0 Å². The third kappa shape index (κ3) is 1.89. The molecule has 8 heteroatoms. The maximum Gasteiger partial charge on any atom is 0.240 e. The number of aliphatic hydroxyl groups is 1. The molecule has 2 heterocycles. The molecule has 0 bridgehead atoms. The molecule has 5 N–H and O–H groups in total. The van der Waals surface area contributed by atoms with Crippen LogP contribution in [-0.4, -0.2) is 37.1 Å². The fourth-order valence-corrected chi connectivity index (χ4v) is 1.64. The van der Waals surface area contributed by atoms with Gasteiger partial charge in [0.1, 0.15) is 17.9 Å². The van der Waals surface area contributed by atoms with Crippen molar-refractivity contribution >= 4 is 22.9 Å². The van der Waals surface area contributed by atoms with Gasteiger partial charge in [0.25, 0.3) is 0 Å². The molecule has 1 atom stereocenters. The number of nitrogens with zero attached hydrogens (tertiary/aromatic N) is 4. The van der Waals surface area contributed by atoms with Gasteiger partial charge in [0, 0.05) is 13.0 Å². The minimum absolute atomic E-state index is 0.159. The van der Waals surface area contributed by atoms with Crippen LogP contribution in [0.2, 0.25) is 0 Å². The normalized spacial score (nSPS) is 12.8. The van der Waals surface area contributed by atoms with E-state index in [0.717, 1.165) is 0 Å². The van der Waals surface area contributed by atoms with E-state index in [1.54, 1.807) is 0 Å². The molecule has 0 aromatic carbocycles. The second kappa shape index (κ2) is 4.34. The molecular formula is C9H12N6O2. The lowest BCUT2D eigenvalue weighted by molar-refractivity contribution is -0.121. The summed E-state index contributed by atoms with van der Waals surface area (Å²) >= 11 is 0. The fourth-order valence-electron chi connectivity index (χ4n) is 1.64. The number of hydrogen-bond acceptors (Lipinski definition) is 6. The van der Waals surface area contributed by atoms with Crippen molar-refractivity contribution in [1.29, 1.82) is 0 Å². The van der Waals surface area contributed by atoms with Crippen LogP contribution in [0.4, 0.5) is 5.82 Å². The number of hydrogen-bond donors (Lipinski definition) is 3. The Bertz CT molecular complexity index is 551. The van der Waals surface area contributed by atoms with Crippen molar-refractivity contribution < 1.29 is 9.90 Å². The highest BCUT2D eigenvalue weighted by Gasteiger charge is 2.20. The second-order valence-electron chi connectivity index (χ2n) is 3.51. The van der Waals surface area contributed by atoms with Gasteiger partial charge in [0.2, 0.25) is 5.91 Å². The van der Waals surface area contributed by atoms with Crippen molar-refractivity contribution in [3.8, 4) is 0 Å². The Morgan fingerprint density at radius 2 is 2.24 bits per heavy atom. The Morgan fingerprint density at radius 1 is 1.47 bits per heavy atom. The van der Waals surface area contributed by atoms with Crippen LogP contribution in [0.5, 0.6) is 0 Å². The molecular weight excluding hydrogens is 224 g/mol. The summed E-state index contributed by atoms with van der Waals surface area (Å²) in [5.41, 5.74) is 11.7. The van der Waals surface area contributed by atoms with Gasteiger partial charge < -0.3 is 21.1 Å². The zero-order chi connectivity index (χ0) is 12.4. The lowest BCUT2D eigenvalue weighted by Crippen LogP contribution is -2.27. The molecule has 1 amide bonds. The van der Waals surface area contributed by atoms with E-state index in [0.29, 0.717) is 11.2 Å². The van der Waals surface area contributed by atoms with Crippen LogP contribution in [0.3, 0.4) is 0 Å². The number of primary amides is 1. The summed E-state index contributed by atoms with van der Waals surface area (Å²) in [7, 11) is 0. The van der Waals surface area contributed by atoms with E-state index in [2.05, 4.69) is 15.0 Å². The molecule has 2 aromatic heterocycles. The molecule has 90 valence electrons. The Kier molecular flexibility index (Phi) is 2.88. The van der Waals surface area contributed by atoms with Crippen LogP contribution in [0.15, 0.2) is 12.7 Å². The largest absolute Gasteiger partial charge is 0.396 e. The molecule has 0 aliphatic heterocycles. The van der Waals surface area contributed by atoms with Crippen LogP contribution < -0.4 is 11.5 Å². The summed E-state index contributed by atoms with van der Waals surface area (Å²) < 4.78 is 1.49. The molecule has 0 spiro atoms. The highest BCUT2D eigenvalue weighted by molar-refractivity contribution is 5.84. The number of anilines is 1. The number of nitrogen functional groups attached to an aromatic ring is 1. The summed E-state index contributed by atoms with van der Waals surface area (Å²) in [5.74, 6) is -0.323. The van der Waals surface area contributed by atoms with Gasteiger partial charge in [-0.1, -0.05) is 0 Å². The first-order chi connectivity index (χ1) is 8.15. The number of rotatable bonds is 4. The molecule has 0 radical (unpaired) electrons. The highest BCUT2D eigenvalue weighted by atomic mass is 16.3. The van der Waals surface area contributed by atoms with Gasteiger partial charge >= 0.3 is 0 Å². The number of imidazole rings is 1. The topological polar surface area (TPSA) is 133 Å². The predicted octanol–water partition coefficient (Wildman–Crippen LogP) is -1.18. The molecule has 0 saturated carbocycles. The van der Waals surface area contributed by atoms with Gasteiger partial charge in [-0.25, -0.2) is 15.0 Å². The van der Waals surface area contributed by atoms with Crippen molar-refractivity contribution in [2.75, 3.05) is 12.3 Å². The SMILES string of the molecule is NC(=O)C(CCO)n1cnc2c(N)ncnc21. The lowest BCUT2D eigenvalue weighted by atomic mass is 10.2. The number of amides is 1. The Balaban J connectivity index is 2.54. The molecule has 0 fully saturated rings. The summed E-state index contributed by atoms with van der Waals surface area (Å²) in [4.78, 5) is 23.1. The highest BCUT2D eigenvalue weighted by Crippen LogP contribution is 2.20. The van der Waals surface area contributed by atoms with Gasteiger partial charge in [-0.2, -0.15) is 0 Å².